The van der Waals surface area contributed by atoms with Gasteiger partial charge in [0.2, 0.25) is 0 Å². The second-order valence-corrected chi connectivity index (χ2v) is 9.15. The fourth-order valence-corrected chi connectivity index (χ4v) is 4.90. The molecular formula is C27H34ClN3O3. The number of hydrogen-bond donors (Lipinski definition) is 0. The van der Waals surface area contributed by atoms with E-state index >= 15 is 0 Å². The molecule has 0 unspecified atom stereocenters. The highest BCUT2D eigenvalue weighted by molar-refractivity contribution is 6.17. The smallest absolute Gasteiger partial charge is 0.256 e. The zero-order valence-corrected chi connectivity index (χ0v) is 21.1. The summed E-state index contributed by atoms with van der Waals surface area (Å²) in [6.45, 7) is 7.06. The third kappa shape index (κ3) is 5.18. The number of nitrogens with zero attached hydrogens (tertiary/aromatic N) is 3. The Balaban J connectivity index is 1.44. The predicted molar refractivity (Wildman–Crippen MR) is 138 cm³/mol. The van der Waals surface area contributed by atoms with Gasteiger partial charge in [-0.1, -0.05) is 12.1 Å². The number of alkyl halides is 1. The molecule has 0 spiro atoms. The molecule has 4 rings (SSSR count). The fourth-order valence-electron chi connectivity index (χ4n) is 4.78. The molecule has 2 heterocycles. The van der Waals surface area contributed by atoms with Gasteiger partial charge in [0.25, 0.3) is 5.91 Å². The van der Waals surface area contributed by atoms with Crippen molar-refractivity contribution in [3.63, 3.8) is 0 Å². The highest BCUT2D eigenvalue weighted by atomic mass is 35.5. The quantitative estimate of drug-likeness (QED) is 0.417. The SMILES string of the molecule is COc1ccc(CCN2CCN(C(=O)c3c(C)n(CCCCl)c4ccc(OC)cc34)CC2)cc1. The summed E-state index contributed by atoms with van der Waals surface area (Å²) in [5.41, 5.74) is 4.15. The van der Waals surface area contributed by atoms with E-state index in [1.165, 1.54) is 5.56 Å². The Hall–Kier alpha value is -2.70. The van der Waals surface area contributed by atoms with Crippen molar-refractivity contribution in [3.8, 4) is 11.5 Å². The lowest BCUT2D eigenvalue weighted by atomic mass is 10.1. The summed E-state index contributed by atoms with van der Waals surface area (Å²) in [5, 5.41) is 0.957. The van der Waals surface area contributed by atoms with Crippen LogP contribution < -0.4 is 9.47 Å². The number of piperazine rings is 1. The molecule has 0 N–H and O–H groups in total. The van der Waals surface area contributed by atoms with Crippen LogP contribution in [-0.4, -0.2) is 73.1 Å². The first-order valence-electron chi connectivity index (χ1n) is 11.9. The summed E-state index contributed by atoms with van der Waals surface area (Å²) in [6.07, 6.45) is 1.85. The molecule has 1 aliphatic rings. The number of aromatic nitrogens is 1. The van der Waals surface area contributed by atoms with Gasteiger partial charge in [0, 0.05) is 61.7 Å². The highest BCUT2D eigenvalue weighted by Gasteiger charge is 2.27. The van der Waals surface area contributed by atoms with Crippen LogP contribution in [0.5, 0.6) is 11.5 Å². The number of carbonyl (C=O) groups excluding carboxylic acids is 1. The molecule has 34 heavy (non-hydrogen) atoms. The molecule has 7 heteroatoms. The maximum atomic E-state index is 13.7. The lowest BCUT2D eigenvalue weighted by molar-refractivity contribution is 0.0639. The molecule has 0 atom stereocenters. The summed E-state index contributed by atoms with van der Waals surface area (Å²) < 4.78 is 12.9. The Morgan fingerprint density at radius 3 is 2.26 bits per heavy atom. The van der Waals surface area contributed by atoms with E-state index in [2.05, 4.69) is 21.6 Å². The van der Waals surface area contributed by atoms with Crippen molar-refractivity contribution >= 4 is 28.4 Å². The molecule has 2 aromatic carbocycles. The predicted octanol–water partition coefficient (Wildman–Crippen LogP) is 4.60. The molecule has 6 nitrogen and oxygen atoms in total. The summed E-state index contributed by atoms with van der Waals surface area (Å²) in [4.78, 5) is 18.1. The molecule has 1 fully saturated rings. The molecule has 1 saturated heterocycles. The minimum Gasteiger partial charge on any atom is -0.497 e. The zero-order valence-electron chi connectivity index (χ0n) is 20.3. The van der Waals surface area contributed by atoms with Gasteiger partial charge in [0.1, 0.15) is 11.5 Å². The number of hydrogen-bond acceptors (Lipinski definition) is 4. The van der Waals surface area contributed by atoms with Crippen LogP contribution in [-0.2, 0) is 13.0 Å². The van der Waals surface area contributed by atoms with Crippen LogP contribution in [0.3, 0.4) is 0 Å². The first-order chi connectivity index (χ1) is 16.5. The van der Waals surface area contributed by atoms with Crippen LogP contribution in [0.1, 0.15) is 28.0 Å². The van der Waals surface area contributed by atoms with Crippen LogP contribution in [0.2, 0.25) is 0 Å². The lowest BCUT2D eigenvalue weighted by Gasteiger charge is -2.35. The van der Waals surface area contributed by atoms with Crippen molar-refractivity contribution in [2.75, 3.05) is 52.8 Å². The zero-order chi connectivity index (χ0) is 24.1. The molecule has 1 amide bonds. The van der Waals surface area contributed by atoms with Crippen molar-refractivity contribution in [2.24, 2.45) is 0 Å². The minimum atomic E-state index is 0.107. The molecule has 1 aliphatic heterocycles. The van der Waals surface area contributed by atoms with Crippen molar-refractivity contribution < 1.29 is 14.3 Å². The van der Waals surface area contributed by atoms with Gasteiger partial charge < -0.3 is 18.9 Å². The van der Waals surface area contributed by atoms with Gasteiger partial charge in [0.05, 0.1) is 19.8 Å². The Labute approximate surface area is 207 Å². The van der Waals surface area contributed by atoms with Gasteiger partial charge in [-0.2, -0.15) is 0 Å². The second-order valence-electron chi connectivity index (χ2n) is 8.77. The van der Waals surface area contributed by atoms with Gasteiger partial charge in [-0.05, 0) is 55.7 Å². The molecule has 0 bridgehead atoms. The van der Waals surface area contributed by atoms with Gasteiger partial charge in [-0.25, -0.2) is 0 Å². The maximum Gasteiger partial charge on any atom is 0.256 e. The summed E-state index contributed by atoms with van der Waals surface area (Å²) >= 11 is 5.97. The number of rotatable bonds is 9. The second kappa shape index (κ2) is 11.2. The van der Waals surface area contributed by atoms with Crippen molar-refractivity contribution in [1.82, 2.24) is 14.4 Å². The third-order valence-electron chi connectivity index (χ3n) is 6.80. The van der Waals surface area contributed by atoms with E-state index in [4.69, 9.17) is 21.1 Å². The molecular weight excluding hydrogens is 450 g/mol. The summed E-state index contributed by atoms with van der Waals surface area (Å²) in [5.74, 6) is 2.35. The van der Waals surface area contributed by atoms with E-state index in [-0.39, 0.29) is 5.91 Å². The number of amides is 1. The Bertz CT molecular complexity index is 1120. The monoisotopic (exact) mass is 483 g/mol. The highest BCUT2D eigenvalue weighted by Crippen LogP contribution is 2.31. The van der Waals surface area contributed by atoms with Crippen molar-refractivity contribution in [3.05, 3.63) is 59.3 Å². The lowest BCUT2D eigenvalue weighted by Crippen LogP contribution is -2.49. The molecule has 0 aliphatic carbocycles. The van der Waals surface area contributed by atoms with Crippen molar-refractivity contribution in [2.45, 2.75) is 26.3 Å². The number of fused-ring (bicyclic) bond motifs is 1. The van der Waals surface area contributed by atoms with Crippen LogP contribution in [0.15, 0.2) is 42.5 Å². The van der Waals surface area contributed by atoms with E-state index in [0.717, 1.165) is 85.8 Å². The van der Waals surface area contributed by atoms with Gasteiger partial charge in [0.15, 0.2) is 0 Å². The van der Waals surface area contributed by atoms with Crippen LogP contribution in [0.4, 0.5) is 0 Å². The van der Waals surface area contributed by atoms with E-state index in [1.807, 2.05) is 42.2 Å². The topological polar surface area (TPSA) is 46.9 Å². The van der Waals surface area contributed by atoms with E-state index in [0.29, 0.717) is 5.88 Å². The van der Waals surface area contributed by atoms with Crippen LogP contribution in [0.25, 0.3) is 10.9 Å². The number of benzene rings is 2. The molecule has 0 saturated carbocycles. The Morgan fingerprint density at radius 1 is 0.941 bits per heavy atom. The first kappa shape index (κ1) is 24.4. The average Bonchev–Trinajstić information content (AvgIpc) is 3.16. The normalized spacial score (nSPS) is 14.5. The van der Waals surface area contributed by atoms with Crippen LogP contribution in [0, 0.1) is 6.92 Å². The molecule has 1 aromatic heterocycles. The van der Waals surface area contributed by atoms with Gasteiger partial charge in [-0.15, -0.1) is 11.6 Å². The Morgan fingerprint density at radius 2 is 1.62 bits per heavy atom. The van der Waals surface area contributed by atoms with Gasteiger partial charge >= 0.3 is 0 Å². The number of aryl methyl sites for hydroxylation is 1. The standard InChI is InChI=1S/C27H34ClN3O3/c1-20-26(24-19-23(34-3)9-10-25(24)31(20)13-4-12-28)27(32)30-17-15-29(16-18-30)14-11-21-5-7-22(33-2)8-6-21/h5-10,19H,4,11-18H2,1-3H3. The fraction of sp³-hybridized carbons (Fsp3) is 0.444. The molecule has 182 valence electrons. The van der Waals surface area contributed by atoms with E-state index in [9.17, 15) is 4.79 Å². The van der Waals surface area contributed by atoms with Crippen LogP contribution >= 0.6 is 11.6 Å². The summed E-state index contributed by atoms with van der Waals surface area (Å²) in [6, 6.07) is 14.2. The number of methoxy groups -OCH3 is 2. The number of halogens is 1. The third-order valence-corrected chi connectivity index (χ3v) is 7.06. The van der Waals surface area contributed by atoms with Crippen molar-refractivity contribution in [1.29, 1.82) is 0 Å². The largest absolute Gasteiger partial charge is 0.497 e. The summed E-state index contributed by atoms with van der Waals surface area (Å²) in [7, 11) is 3.34. The first-order valence-corrected chi connectivity index (χ1v) is 12.5. The maximum absolute atomic E-state index is 13.7. The van der Waals surface area contributed by atoms with E-state index in [1.54, 1.807) is 14.2 Å². The average molecular weight is 484 g/mol. The molecule has 3 aromatic rings. The van der Waals surface area contributed by atoms with E-state index < -0.39 is 0 Å². The number of carbonyl (C=O) groups is 1. The minimum absolute atomic E-state index is 0.107. The Kier molecular flexibility index (Phi) is 8.01. The molecule has 0 radical (unpaired) electrons. The number of ether oxygens (including phenoxy) is 2. The van der Waals surface area contributed by atoms with Gasteiger partial charge in [-0.3, -0.25) is 9.69 Å².